The number of hydrogen-bond acceptors (Lipinski definition) is 3. The lowest BCUT2D eigenvalue weighted by molar-refractivity contribution is -0.139. The van der Waals surface area contributed by atoms with Crippen LogP contribution in [-0.2, 0) is 4.79 Å². The average molecular weight is 293 g/mol. The van der Waals surface area contributed by atoms with Crippen molar-refractivity contribution < 1.29 is 23.5 Å². The van der Waals surface area contributed by atoms with Gasteiger partial charge in [0.25, 0.3) is 5.91 Å². The molecule has 0 saturated carbocycles. The lowest BCUT2D eigenvalue weighted by Gasteiger charge is -2.12. The zero-order valence-electron chi connectivity index (χ0n) is 11.8. The molecule has 0 fully saturated rings. The van der Waals surface area contributed by atoms with Crippen LogP contribution >= 0.6 is 0 Å². The Hall–Kier alpha value is -2.37. The highest BCUT2D eigenvalue weighted by atomic mass is 19.1. The van der Waals surface area contributed by atoms with Gasteiger partial charge in [0.15, 0.2) is 5.76 Å². The van der Waals surface area contributed by atoms with Gasteiger partial charge in [-0.1, -0.05) is 13.3 Å². The van der Waals surface area contributed by atoms with Gasteiger partial charge >= 0.3 is 5.97 Å². The topological polar surface area (TPSA) is 79.5 Å². The first-order valence-electron chi connectivity index (χ1n) is 6.66. The number of carbonyl (C=O) groups is 2. The maximum absolute atomic E-state index is 13.2. The lowest BCUT2D eigenvalue weighted by atomic mass is 10.1. The van der Waals surface area contributed by atoms with Gasteiger partial charge in [0.1, 0.15) is 17.4 Å². The van der Waals surface area contributed by atoms with E-state index >= 15 is 0 Å². The highest BCUT2D eigenvalue weighted by Gasteiger charge is 2.24. The molecule has 0 bridgehead atoms. The third kappa shape index (κ3) is 3.04. The van der Waals surface area contributed by atoms with Gasteiger partial charge in [-0.2, -0.15) is 0 Å². The van der Waals surface area contributed by atoms with Crippen LogP contribution < -0.4 is 5.32 Å². The van der Waals surface area contributed by atoms with Crippen molar-refractivity contribution in [1.82, 2.24) is 5.32 Å². The summed E-state index contributed by atoms with van der Waals surface area (Å²) in [6, 6.07) is 3.00. The van der Waals surface area contributed by atoms with Gasteiger partial charge < -0.3 is 14.8 Å². The molecule has 21 heavy (non-hydrogen) atoms. The largest absolute Gasteiger partial charge is 0.480 e. The van der Waals surface area contributed by atoms with Crippen LogP contribution in [0.3, 0.4) is 0 Å². The third-order valence-corrected chi connectivity index (χ3v) is 3.29. The fourth-order valence-corrected chi connectivity index (χ4v) is 2.18. The average Bonchev–Trinajstić information content (AvgIpc) is 2.75. The Morgan fingerprint density at radius 3 is 2.76 bits per heavy atom. The second kappa shape index (κ2) is 5.95. The van der Waals surface area contributed by atoms with Crippen molar-refractivity contribution in [3.63, 3.8) is 0 Å². The van der Waals surface area contributed by atoms with Crippen molar-refractivity contribution in [2.24, 2.45) is 0 Å². The smallest absolute Gasteiger partial charge is 0.326 e. The molecule has 1 atom stereocenters. The summed E-state index contributed by atoms with van der Waals surface area (Å²) in [4.78, 5) is 23.2. The normalized spacial score (nSPS) is 12.3. The number of furan rings is 1. The second-order valence-electron chi connectivity index (χ2n) is 4.85. The van der Waals surface area contributed by atoms with E-state index in [1.54, 1.807) is 6.92 Å². The van der Waals surface area contributed by atoms with Crippen LogP contribution in [0.1, 0.15) is 35.9 Å². The quantitative estimate of drug-likeness (QED) is 0.888. The number of carbonyl (C=O) groups excluding carboxylic acids is 1. The number of halogens is 1. The molecule has 5 nitrogen and oxygen atoms in total. The molecule has 0 radical (unpaired) electrons. The monoisotopic (exact) mass is 293 g/mol. The summed E-state index contributed by atoms with van der Waals surface area (Å²) in [5, 5.41) is 12.0. The maximum atomic E-state index is 13.2. The molecule has 2 rings (SSSR count). The number of hydrogen-bond donors (Lipinski definition) is 2. The van der Waals surface area contributed by atoms with E-state index in [0.717, 1.165) is 0 Å². The molecule has 0 saturated heterocycles. The van der Waals surface area contributed by atoms with Gasteiger partial charge in [0.05, 0.1) is 0 Å². The van der Waals surface area contributed by atoms with Crippen molar-refractivity contribution in [1.29, 1.82) is 0 Å². The molecular weight excluding hydrogens is 277 g/mol. The van der Waals surface area contributed by atoms with Crippen molar-refractivity contribution in [3.8, 4) is 0 Å². The highest BCUT2D eigenvalue weighted by molar-refractivity contribution is 6.00. The minimum Gasteiger partial charge on any atom is -0.480 e. The first-order chi connectivity index (χ1) is 9.93. The fourth-order valence-electron chi connectivity index (χ4n) is 2.18. The van der Waals surface area contributed by atoms with Crippen molar-refractivity contribution in [3.05, 3.63) is 35.3 Å². The standard InChI is InChI=1S/C15H16FNO4/c1-3-4-11(15(19)20)17-14(18)13-8(2)10-7-9(16)5-6-12(10)21-13/h5-7,11H,3-4H2,1-2H3,(H,17,18)(H,19,20)/t11-/m1/s1. The predicted octanol–water partition coefficient (Wildman–Crippen LogP) is 2.86. The van der Waals surface area contributed by atoms with Crippen LogP contribution in [0.4, 0.5) is 4.39 Å². The summed E-state index contributed by atoms with van der Waals surface area (Å²) in [5.41, 5.74) is 0.879. The number of fused-ring (bicyclic) bond motifs is 1. The third-order valence-electron chi connectivity index (χ3n) is 3.29. The number of aryl methyl sites for hydroxylation is 1. The molecule has 0 aliphatic carbocycles. The van der Waals surface area contributed by atoms with Crippen LogP contribution in [0.15, 0.2) is 22.6 Å². The fraction of sp³-hybridized carbons (Fsp3) is 0.333. The molecule has 6 heteroatoms. The number of benzene rings is 1. The first-order valence-corrected chi connectivity index (χ1v) is 6.66. The molecule has 1 aromatic carbocycles. The van der Waals surface area contributed by atoms with Crippen molar-refractivity contribution in [2.75, 3.05) is 0 Å². The summed E-state index contributed by atoms with van der Waals surface area (Å²) >= 11 is 0. The molecule has 2 aromatic rings. The van der Waals surface area contributed by atoms with Gasteiger partial charge in [0.2, 0.25) is 0 Å². The SMILES string of the molecule is CCC[C@@H](NC(=O)c1oc2ccc(F)cc2c1C)C(=O)O. The molecule has 1 aromatic heterocycles. The Labute approximate surface area is 120 Å². The number of aliphatic carboxylic acids is 1. The number of carboxylic acids is 1. The molecule has 1 amide bonds. The van der Waals surface area contributed by atoms with E-state index in [9.17, 15) is 14.0 Å². The molecule has 0 unspecified atom stereocenters. The summed E-state index contributed by atoms with van der Waals surface area (Å²) in [5.74, 6) is -2.11. The van der Waals surface area contributed by atoms with Gasteiger partial charge in [0, 0.05) is 10.9 Å². The molecule has 1 heterocycles. The Morgan fingerprint density at radius 2 is 2.14 bits per heavy atom. The first kappa shape index (κ1) is 15.0. The summed E-state index contributed by atoms with van der Waals surface area (Å²) in [6.45, 7) is 3.47. The molecule has 112 valence electrons. The molecule has 0 aliphatic rings. The molecule has 0 aliphatic heterocycles. The zero-order chi connectivity index (χ0) is 15.6. The van der Waals surface area contributed by atoms with Crippen LogP contribution in [0.25, 0.3) is 11.0 Å². The summed E-state index contributed by atoms with van der Waals surface area (Å²) in [7, 11) is 0. The number of nitrogens with one attached hydrogen (secondary N) is 1. The maximum Gasteiger partial charge on any atom is 0.326 e. The number of carboxylic acid groups (broad SMARTS) is 1. The van der Waals surface area contributed by atoms with E-state index in [2.05, 4.69) is 5.32 Å². The highest BCUT2D eigenvalue weighted by Crippen LogP contribution is 2.26. The molecular formula is C15H16FNO4. The molecule has 0 spiro atoms. The van der Waals surface area contributed by atoms with E-state index in [-0.39, 0.29) is 5.76 Å². The number of amides is 1. The van der Waals surface area contributed by atoms with Crippen molar-refractivity contribution in [2.45, 2.75) is 32.7 Å². The van der Waals surface area contributed by atoms with Gasteiger partial charge in [-0.25, -0.2) is 9.18 Å². The summed E-state index contributed by atoms with van der Waals surface area (Å²) < 4.78 is 18.6. The number of rotatable bonds is 5. The van der Waals surface area contributed by atoms with E-state index in [1.165, 1.54) is 18.2 Å². The molecule has 2 N–H and O–H groups in total. The van der Waals surface area contributed by atoms with Crippen LogP contribution in [0.2, 0.25) is 0 Å². The zero-order valence-corrected chi connectivity index (χ0v) is 11.8. The van der Waals surface area contributed by atoms with E-state index in [1.807, 2.05) is 6.92 Å². The Balaban J connectivity index is 2.31. The predicted molar refractivity (Wildman–Crippen MR) is 74.7 cm³/mol. The van der Waals surface area contributed by atoms with Crippen LogP contribution in [0, 0.1) is 12.7 Å². The van der Waals surface area contributed by atoms with Crippen molar-refractivity contribution >= 4 is 22.8 Å². The van der Waals surface area contributed by atoms with Gasteiger partial charge in [-0.3, -0.25) is 4.79 Å². The van der Waals surface area contributed by atoms with E-state index in [0.29, 0.717) is 29.4 Å². The Kier molecular flexibility index (Phi) is 4.26. The van der Waals surface area contributed by atoms with Crippen LogP contribution in [-0.4, -0.2) is 23.0 Å². The lowest BCUT2D eigenvalue weighted by Crippen LogP contribution is -2.40. The summed E-state index contributed by atoms with van der Waals surface area (Å²) in [6.07, 6.45) is 0.955. The Morgan fingerprint density at radius 1 is 1.43 bits per heavy atom. The minimum atomic E-state index is -1.09. The Bertz CT molecular complexity index is 692. The van der Waals surface area contributed by atoms with Gasteiger partial charge in [-0.05, 0) is 31.5 Å². The van der Waals surface area contributed by atoms with E-state index < -0.39 is 23.7 Å². The van der Waals surface area contributed by atoms with E-state index in [4.69, 9.17) is 9.52 Å². The minimum absolute atomic E-state index is 0.0120. The second-order valence-corrected chi connectivity index (χ2v) is 4.85. The van der Waals surface area contributed by atoms with Crippen LogP contribution in [0.5, 0.6) is 0 Å². The van der Waals surface area contributed by atoms with Gasteiger partial charge in [-0.15, -0.1) is 0 Å².